The van der Waals surface area contributed by atoms with Crippen LogP contribution in [-0.2, 0) is 0 Å². The van der Waals surface area contributed by atoms with Crippen molar-refractivity contribution in [1.82, 2.24) is 21.5 Å². The Labute approximate surface area is 189 Å². The van der Waals surface area contributed by atoms with Crippen LogP contribution in [0.5, 0.6) is 0 Å². The van der Waals surface area contributed by atoms with Gasteiger partial charge in [-0.2, -0.15) is 10.2 Å². The minimum Gasteiger partial charge on any atom is -0.361 e. The zero-order valence-electron chi connectivity index (χ0n) is 16.9. The van der Waals surface area contributed by atoms with Crippen molar-refractivity contribution >= 4 is 47.1 Å². The van der Waals surface area contributed by atoms with E-state index in [1.165, 1.54) is 0 Å². The van der Waals surface area contributed by atoms with Gasteiger partial charge >= 0.3 is 0 Å². The minimum absolute atomic E-state index is 0.538. The van der Waals surface area contributed by atoms with Gasteiger partial charge in [0.25, 0.3) is 0 Å². The van der Waals surface area contributed by atoms with Gasteiger partial charge < -0.3 is 10.6 Å². The molecule has 0 aliphatic rings. The van der Waals surface area contributed by atoms with Crippen LogP contribution in [0.2, 0.25) is 0 Å². The van der Waals surface area contributed by atoms with E-state index in [0.717, 1.165) is 49.9 Å². The predicted molar refractivity (Wildman–Crippen MR) is 134 cm³/mol. The summed E-state index contributed by atoms with van der Waals surface area (Å²) in [5.74, 6) is 0. The van der Waals surface area contributed by atoms with Crippen molar-refractivity contribution in [2.75, 3.05) is 13.1 Å². The smallest absolute Gasteiger partial charge is 0.186 e. The summed E-state index contributed by atoms with van der Waals surface area (Å²) in [4.78, 5) is 0. The normalized spacial score (nSPS) is 10.8. The highest BCUT2D eigenvalue weighted by Crippen LogP contribution is 1.98. The van der Waals surface area contributed by atoms with Crippen LogP contribution in [0.3, 0.4) is 0 Å². The summed E-state index contributed by atoms with van der Waals surface area (Å²) >= 11 is 10.4. The number of hydrogen-bond donors (Lipinski definition) is 4. The Bertz CT molecular complexity index is 739. The summed E-state index contributed by atoms with van der Waals surface area (Å²) in [5.41, 5.74) is 7.71. The predicted octanol–water partition coefficient (Wildman–Crippen LogP) is 3.54. The average Bonchev–Trinajstić information content (AvgIpc) is 2.77. The highest BCUT2D eigenvalue weighted by molar-refractivity contribution is 7.80. The first-order valence-electron chi connectivity index (χ1n) is 9.98. The Morgan fingerprint density at radius 2 is 1.03 bits per heavy atom. The number of benzene rings is 2. The summed E-state index contributed by atoms with van der Waals surface area (Å²) in [6.45, 7) is 1.66. The van der Waals surface area contributed by atoms with Gasteiger partial charge in [-0.05, 0) is 48.4 Å². The van der Waals surface area contributed by atoms with Crippen LogP contribution in [0.4, 0.5) is 0 Å². The summed E-state index contributed by atoms with van der Waals surface area (Å²) in [5, 5.41) is 15.6. The van der Waals surface area contributed by atoms with Crippen molar-refractivity contribution in [1.29, 1.82) is 0 Å². The van der Waals surface area contributed by atoms with Gasteiger partial charge in [0.05, 0.1) is 12.4 Å². The molecule has 0 aliphatic carbocycles. The molecule has 0 saturated heterocycles. The van der Waals surface area contributed by atoms with Gasteiger partial charge in [-0.25, -0.2) is 0 Å². The van der Waals surface area contributed by atoms with Crippen molar-refractivity contribution < 1.29 is 0 Å². The molecule has 0 saturated carbocycles. The van der Waals surface area contributed by atoms with Gasteiger partial charge in [0.2, 0.25) is 0 Å². The molecule has 4 N–H and O–H groups in total. The highest BCUT2D eigenvalue weighted by atomic mass is 32.1. The molecule has 8 heteroatoms. The summed E-state index contributed by atoms with van der Waals surface area (Å²) in [6.07, 6.45) is 7.83. The van der Waals surface area contributed by atoms with E-state index in [2.05, 4.69) is 31.7 Å². The topological polar surface area (TPSA) is 72.8 Å². The molecule has 0 radical (unpaired) electrons. The lowest BCUT2D eigenvalue weighted by atomic mass is 10.2. The molecule has 0 atom stereocenters. The van der Waals surface area contributed by atoms with Gasteiger partial charge in [-0.3, -0.25) is 10.9 Å². The zero-order chi connectivity index (χ0) is 21.3. The van der Waals surface area contributed by atoms with Crippen LogP contribution < -0.4 is 21.5 Å². The molecule has 0 unspecified atom stereocenters. The van der Waals surface area contributed by atoms with Crippen molar-refractivity contribution in [2.45, 2.75) is 25.7 Å². The van der Waals surface area contributed by atoms with E-state index >= 15 is 0 Å². The maximum atomic E-state index is 5.20. The molecule has 2 rings (SSSR count). The fourth-order valence-electron chi connectivity index (χ4n) is 2.50. The molecule has 6 nitrogen and oxygen atoms in total. The first-order chi connectivity index (χ1) is 14.7. The fraction of sp³-hybridized carbons (Fsp3) is 0.273. The molecule has 0 amide bonds. The third kappa shape index (κ3) is 11.2. The number of thiocarbonyl (C=S) groups is 2. The zero-order valence-corrected chi connectivity index (χ0v) is 18.5. The van der Waals surface area contributed by atoms with Crippen LogP contribution in [0.1, 0.15) is 36.8 Å². The number of nitrogens with one attached hydrogen (secondary N) is 4. The molecular formula is C22H28N6S2. The Hall–Kier alpha value is -2.84. The van der Waals surface area contributed by atoms with E-state index in [0.29, 0.717) is 10.2 Å². The molecule has 2 aromatic rings. The Kier molecular flexibility index (Phi) is 11.8. The van der Waals surface area contributed by atoms with Crippen LogP contribution in [-0.4, -0.2) is 35.7 Å². The van der Waals surface area contributed by atoms with Crippen molar-refractivity contribution in [3.63, 3.8) is 0 Å². The van der Waals surface area contributed by atoms with Crippen molar-refractivity contribution in [3.8, 4) is 0 Å². The SMILES string of the molecule is S=C(NCCCCCCNC(=S)NN=Cc1ccccc1)NN=Cc1ccccc1. The van der Waals surface area contributed by atoms with E-state index in [9.17, 15) is 0 Å². The number of nitrogens with zero attached hydrogens (tertiary/aromatic N) is 2. The molecule has 158 valence electrons. The van der Waals surface area contributed by atoms with E-state index in [-0.39, 0.29) is 0 Å². The average molecular weight is 441 g/mol. The standard InChI is InChI=1S/C22H28N6S2/c29-21(27-25-17-19-11-5-3-6-12-19)23-15-9-1-2-10-16-24-22(30)28-26-18-20-13-7-4-8-14-20/h3-8,11-14,17-18H,1-2,9-10,15-16H2,(H2,23,27,29)(H2,24,28,30). The number of rotatable bonds is 11. The van der Waals surface area contributed by atoms with Crippen LogP contribution >= 0.6 is 24.4 Å². The van der Waals surface area contributed by atoms with E-state index in [1.54, 1.807) is 12.4 Å². The Morgan fingerprint density at radius 1 is 0.633 bits per heavy atom. The molecule has 2 aromatic carbocycles. The second-order valence-corrected chi connectivity index (χ2v) is 7.30. The Balaban J connectivity index is 1.41. The molecular weight excluding hydrogens is 412 g/mol. The Morgan fingerprint density at radius 3 is 1.43 bits per heavy atom. The summed E-state index contributed by atoms with van der Waals surface area (Å²) < 4.78 is 0. The molecule has 0 spiro atoms. The van der Waals surface area contributed by atoms with Gasteiger partial charge in [0.15, 0.2) is 10.2 Å². The van der Waals surface area contributed by atoms with Crippen LogP contribution in [0, 0.1) is 0 Å². The van der Waals surface area contributed by atoms with Crippen molar-refractivity contribution in [2.24, 2.45) is 10.2 Å². The quantitative estimate of drug-likeness (QED) is 0.185. The van der Waals surface area contributed by atoms with Gasteiger partial charge in [-0.1, -0.05) is 73.5 Å². The monoisotopic (exact) mass is 440 g/mol. The van der Waals surface area contributed by atoms with Gasteiger partial charge in [0, 0.05) is 13.1 Å². The molecule has 0 heterocycles. The third-order valence-electron chi connectivity index (χ3n) is 4.03. The third-order valence-corrected chi connectivity index (χ3v) is 4.50. The van der Waals surface area contributed by atoms with E-state index in [1.807, 2.05) is 60.7 Å². The van der Waals surface area contributed by atoms with Crippen LogP contribution in [0.25, 0.3) is 0 Å². The second kappa shape index (κ2) is 15.1. The summed E-state index contributed by atoms with van der Waals surface area (Å²) in [7, 11) is 0. The maximum absolute atomic E-state index is 5.20. The lowest BCUT2D eigenvalue weighted by molar-refractivity contribution is 0.621. The minimum atomic E-state index is 0.538. The molecule has 0 aromatic heterocycles. The van der Waals surface area contributed by atoms with Gasteiger partial charge in [-0.15, -0.1) is 0 Å². The fourth-order valence-corrected chi connectivity index (χ4v) is 2.81. The van der Waals surface area contributed by atoms with Gasteiger partial charge in [0.1, 0.15) is 0 Å². The van der Waals surface area contributed by atoms with Crippen molar-refractivity contribution in [3.05, 3.63) is 71.8 Å². The first-order valence-corrected chi connectivity index (χ1v) is 10.8. The highest BCUT2D eigenvalue weighted by Gasteiger charge is 1.96. The number of unbranched alkanes of at least 4 members (excludes halogenated alkanes) is 3. The second-order valence-electron chi connectivity index (χ2n) is 6.49. The lowest BCUT2D eigenvalue weighted by Gasteiger charge is -2.08. The molecule has 0 aliphatic heterocycles. The van der Waals surface area contributed by atoms with E-state index < -0.39 is 0 Å². The summed E-state index contributed by atoms with van der Waals surface area (Å²) in [6, 6.07) is 19.8. The first kappa shape index (κ1) is 23.4. The lowest BCUT2D eigenvalue weighted by Crippen LogP contribution is -2.33. The molecule has 0 fully saturated rings. The number of hydrogen-bond acceptors (Lipinski definition) is 4. The largest absolute Gasteiger partial charge is 0.361 e. The molecule has 0 bridgehead atoms. The maximum Gasteiger partial charge on any atom is 0.186 e. The van der Waals surface area contributed by atoms with E-state index in [4.69, 9.17) is 24.4 Å². The molecule has 30 heavy (non-hydrogen) atoms. The van der Waals surface area contributed by atoms with Crippen LogP contribution in [0.15, 0.2) is 70.9 Å². The number of hydrazone groups is 2.